The molecule has 0 spiro atoms. The van der Waals surface area contributed by atoms with Gasteiger partial charge in [0.05, 0.1) is 17.1 Å². The molecule has 1 N–H and O–H groups in total. The Morgan fingerprint density at radius 1 is 0.880 bits per heavy atom. The fourth-order valence-electron chi connectivity index (χ4n) is 3.49. The fraction of sp³-hybridized carbons (Fsp3) is 0.318. The lowest BCUT2D eigenvalue weighted by molar-refractivity contribution is 0.475. The summed E-state index contributed by atoms with van der Waals surface area (Å²) >= 11 is 0. The van der Waals surface area contributed by atoms with Gasteiger partial charge in [0.2, 0.25) is 0 Å². The number of phenolic OH excluding ortho intramolecular Hbond substituents is 1. The van der Waals surface area contributed by atoms with Crippen LogP contribution in [0, 0.1) is 6.92 Å². The second-order valence-corrected chi connectivity index (χ2v) is 6.47. The van der Waals surface area contributed by atoms with E-state index in [1.807, 2.05) is 12.1 Å². The molecule has 2 aromatic carbocycles. The number of anilines is 1. The molecule has 3 rings (SSSR count). The molecule has 130 valence electrons. The fourth-order valence-corrected chi connectivity index (χ4v) is 3.49. The van der Waals surface area contributed by atoms with Crippen LogP contribution in [0.2, 0.25) is 0 Å². The molecular formula is C22H26N2O. The lowest BCUT2D eigenvalue weighted by Crippen LogP contribution is -2.26. The first-order valence-electron chi connectivity index (χ1n) is 9.09. The van der Waals surface area contributed by atoms with Crippen molar-refractivity contribution in [3.05, 3.63) is 54.2 Å². The van der Waals surface area contributed by atoms with E-state index in [2.05, 4.69) is 49.9 Å². The Morgan fingerprint density at radius 2 is 1.48 bits per heavy atom. The summed E-state index contributed by atoms with van der Waals surface area (Å²) < 4.78 is 0. The summed E-state index contributed by atoms with van der Waals surface area (Å²) in [5.74, 6) is 0.276. The monoisotopic (exact) mass is 334 g/mol. The van der Waals surface area contributed by atoms with Crippen molar-refractivity contribution in [3.63, 3.8) is 0 Å². The number of pyridine rings is 1. The number of phenols is 1. The first kappa shape index (κ1) is 17.3. The van der Waals surface area contributed by atoms with Crippen molar-refractivity contribution in [2.24, 2.45) is 0 Å². The third-order valence-corrected chi connectivity index (χ3v) is 4.50. The zero-order valence-corrected chi connectivity index (χ0v) is 15.3. The van der Waals surface area contributed by atoms with Gasteiger partial charge in [-0.15, -0.1) is 0 Å². The largest absolute Gasteiger partial charge is 0.508 e. The predicted molar refractivity (Wildman–Crippen MR) is 106 cm³/mol. The normalized spacial score (nSPS) is 11.0. The maximum absolute atomic E-state index is 9.58. The number of aromatic nitrogens is 1. The minimum atomic E-state index is 0.276. The average molecular weight is 334 g/mol. The maximum atomic E-state index is 9.58. The summed E-state index contributed by atoms with van der Waals surface area (Å²) in [6.07, 6.45) is 2.24. The van der Waals surface area contributed by atoms with Crippen molar-refractivity contribution in [2.45, 2.75) is 33.6 Å². The van der Waals surface area contributed by atoms with E-state index in [0.717, 1.165) is 48.3 Å². The van der Waals surface area contributed by atoms with E-state index in [-0.39, 0.29) is 5.75 Å². The van der Waals surface area contributed by atoms with Gasteiger partial charge in [-0.3, -0.25) is 4.98 Å². The topological polar surface area (TPSA) is 36.4 Å². The standard InChI is InChI=1S/C22H26N2O/c1-4-14-24(15-5-2)22-16(3)23-21(17-10-12-18(25)13-11-17)19-8-6-7-9-20(19)22/h6-13,25H,4-5,14-15H2,1-3H3. The third kappa shape index (κ3) is 3.46. The lowest BCUT2D eigenvalue weighted by Gasteiger charge is -2.27. The molecule has 3 heteroatoms. The van der Waals surface area contributed by atoms with Crippen LogP contribution in [0.4, 0.5) is 5.69 Å². The summed E-state index contributed by atoms with van der Waals surface area (Å²) in [6.45, 7) is 8.62. The van der Waals surface area contributed by atoms with E-state index < -0.39 is 0 Å². The molecule has 0 unspecified atom stereocenters. The third-order valence-electron chi connectivity index (χ3n) is 4.50. The van der Waals surface area contributed by atoms with Gasteiger partial charge >= 0.3 is 0 Å². The molecule has 1 heterocycles. The van der Waals surface area contributed by atoms with Crippen molar-refractivity contribution in [1.29, 1.82) is 0 Å². The molecule has 1 aromatic heterocycles. The average Bonchev–Trinajstić information content (AvgIpc) is 2.62. The van der Waals surface area contributed by atoms with Crippen molar-refractivity contribution in [1.82, 2.24) is 4.98 Å². The van der Waals surface area contributed by atoms with Crippen LogP contribution in [0.1, 0.15) is 32.4 Å². The van der Waals surface area contributed by atoms with E-state index in [9.17, 15) is 5.11 Å². The van der Waals surface area contributed by atoms with Crippen LogP contribution in [0.5, 0.6) is 5.75 Å². The molecule has 0 aliphatic rings. The van der Waals surface area contributed by atoms with Crippen LogP contribution in [0.3, 0.4) is 0 Å². The Labute approximate surface area is 149 Å². The van der Waals surface area contributed by atoms with Crippen LogP contribution in [0.25, 0.3) is 22.0 Å². The molecule has 0 atom stereocenters. The van der Waals surface area contributed by atoms with Gasteiger partial charge in [0.1, 0.15) is 5.75 Å². The highest BCUT2D eigenvalue weighted by Gasteiger charge is 2.17. The van der Waals surface area contributed by atoms with Crippen LogP contribution in [-0.4, -0.2) is 23.2 Å². The molecule has 0 aliphatic heterocycles. The van der Waals surface area contributed by atoms with Crippen molar-refractivity contribution >= 4 is 16.5 Å². The SMILES string of the molecule is CCCN(CCC)c1c(C)nc(-c2ccc(O)cc2)c2ccccc12. The smallest absolute Gasteiger partial charge is 0.115 e. The van der Waals surface area contributed by atoms with E-state index in [4.69, 9.17) is 4.98 Å². The van der Waals surface area contributed by atoms with Gasteiger partial charge in [0.15, 0.2) is 0 Å². The number of aromatic hydroxyl groups is 1. The molecular weight excluding hydrogens is 308 g/mol. The Hall–Kier alpha value is -2.55. The van der Waals surface area contributed by atoms with Gasteiger partial charge in [-0.05, 0) is 44.0 Å². The van der Waals surface area contributed by atoms with Gasteiger partial charge in [-0.2, -0.15) is 0 Å². The molecule has 3 aromatic rings. The van der Waals surface area contributed by atoms with E-state index in [1.54, 1.807) is 12.1 Å². The number of rotatable bonds is 6. The van der Waals surface area contributed by atoms with Crippen LogP contribution >= 0.6 is 0 Å². The highest BCUT2D eigenvalue weighted by atomic mass is 16.3. The van der Waals surface area contributed by atoms with Crippen molar-refractivity contribution in [3.8, 4) is 17.0 Å². The molecule has 0 saturated carbocycles. The van der Waals surface area contributed by atoms with E-state index in [1.165, 1.54) is 11.1 Å². The quantitative estimate of drug-likeness (QED) is 0.643. The number of hydrogen-bond donors (Lipinski definition) is 1. The summed E-state index contributed by atoms with van der Waals surface area (Å²) in [4.78, 5) is 7.43. The molecule has 0 amide bonds. The Morgan fingerprint density at radius 3 is 2.08 bits per heavy atom. The molecule has 0 fully saturated rings. The highest BCUT2D eigenvalue weighted by molar-refractivity contribution is 6.02. The second-order valence-electron chi connectivity index (χ2n) is 6.47. The van der Waals surface area contributed by atoms with Crippen LogP contribution < -0.4 is 4.90 Å². The van der Waals surface area contributed by atoms with Crippen molar-refractivity contribution < 1.29 is 5.11 Å². The molecule has 0 radical (unpaired) electrons. The first-order chi connectivity index (χ1) is 12.2. The maximum Gasteiger partial charge on any atom is 0.115 e. The molecule has 0 aliphatic carbocycles. The zero-order valence-electron chi connectivity index (χ0n) is 15.3. The van der Waals surface area contributed by atoms with Gasteiger partial charge in [0.25, 0.3) is 0 Å². The number of nitrogens with zero attached hydrogens (tertiary/aromatic N) is 2. The summed E-state index contributed by atoms with van der Waals surface area (Å²) in [7, 11) is 0. The first-order valence-corrected chi connectivity index (χ1v) is 9.09. The Bertz CT molecular complexity index is 850. The van der Waals surface area contributed by atoms with Gasteiger partial charge in [0, 0.05) is 29.4 Å². The molecule has 0 saturated heterocycles. The Balaban J connectivity index is 2.23. The number of aryl methyl sites for hydroxylation is 1. The zero-order chi connectivity index (χ0) is 17.8. The summed E-state index contributed by atoms with van der Waals surface area (Å²) in [5, 5.41) is 12.0. The van der Waals surface area contributed by atoms with Gasteiger partial charge in [-0.1, -0.05) is 38.1 Å². The second kappa shape index (κ2) is 7.56. The summed E-state index contributed by atoms with van der Waals surface area (Å²) in [5.41, 5.74) is 4.32. The lowest BCUT2D eigenvalue weighted by atomic mass is 10.0. The van der Waals surface area contributed by atoms with E-state index >= 15 is 0 Å². The number of fused-ring (bicyclic) bond motifs is 1. The Kier molecular flexibility index (Phi) is 5.22. The van der Waals surface area contributed by atoms with E-state index in [0.29, 0.717) is 0 Å². The summed E-state index contributed by atoms with van der Waals surface area (Å²) in [6, 6.07) is 15.8. The van der Waals surface area contributed by atoms with Gasteiger partial charge in [-0.25, -0.2) is 0 Å². The molecule has 3 nitrogen and oxygen atoms in total. The highest BCUT2D eigenvalue weighted by Crippen LogP contribution is 2.36. The molecule has 0 bridgehead atoms. The van der Waals surface area contributed by atoms with Crippen molar-refractivity contribution in [2.75, 3.05) is 18.0 Å². The van der Waals surface area contributed by atoms with Gasteiger partial charge < -0.3 is 10.0 Å². The number of hydrogen-bond acceptors (Lipinski definition) is 3. The number of benzene rings is 2. The predicted octanol–water partition coefficient (Wildman–Crippen LogP) is 5.54. The minimum Gasteiger partial charge on any atom is -0.508 e. The van der Waals surface area contributed by atoms with Crippen LogP contribution in [-0.2, 0) is 0 Å². The minimum absolute atomic E-state index is 0.276. The van der Waals surface area contributed by atoms with Crippen LogP contribution in [0.15, 0.2) is 48.5 Å². The molecule has 25 heavy (non-hydrogen) atoms.